The van der Waals surface area contributed by atoms with Gasteiger partial charge in [0.15, 0.2) is 0 Å². The average molecular weight is 419 g/mol. The lowest BCUT2D eigenvalue weighted by Gasteiger charge is -2.09. The number of carbonyl (C=O) groups is 1. The minimum Gasteiger partial charge on any atom is -0.350 e. The lowest BCUT2D eigenvalue weighted by Crippen LogP contribution is -2.31. The Morgan fingerprint density at radius 3 is 2.42 bits per heavy atom. The molecule has 4 rings (SSSR count). The molecule has 156 valence electrons. The van der Waals surface area contributed by atoms with E-state index >= 15 is 0 Å². The summed E-state index contributed by atoms with van der Waals surface area (Å²) in [7, 11) is 0. The van der Waals surface area contributed by atoms with Gasteiger partial charge >= 0.3 is 0 Å². The molecule has 0 radical (unpaired) electrons. The highest BCUT2D eigenvalue weighted by Crippen LogP contribution is 2.17. The molecule has 0 aliphatic rings. The Hall–Kier alpha value is -4.14. The summed E-state index contributed by atoms with van der Waals surface area (Å²) in [5.74, 6) is 0.291. The van der Waals surface area contributed by atoms with E-state index < -0.39 is 0 Å². The van der Waals surface area contributed by atoms with Gasteiger partial charge < -0.3 is 9.84 Å². The number of aryl methyl sites for hydroxylation is 1. The number of hydrogen-bond acceptors (Lipinski definition) is 6. The normalized spacial score (nSPS) is 10.8. The summed E-state index contributed by atoms with van der Waals surface area (Å²) in [5.41, 5.74) is 2.14. The Kier molecular flexibility index (Phi) is 5.65. The van der Waals surface area contributed by atoms with Crippen molar-refractivity contribution in [3.63, 3.8) is 0 Å². The molecule has 0 unspecified atom stereocenters. The van der Waals surface area contributed by atoms with Crippen LogP contribution >= 0.6 is 0 Å². The standard InChI is InChI=1S/C22H18FN5O3/c1-14-25-21(27-31-14)16-2-4-17(5-3-16)22(30)24-12-13-28-20(29)11-10-19(26-28)15-6-8-18(23)9-7-15/h2-11H,12-13H2,1H3,(H,24,30). The fourth-order valence-electron chi connectivity index (χ4n) is 2.95. The third-order valence-corrected chi connectivity index (χ3v) is 4.55. The van der Waals surface area contributed by atoms with Crippen LogP contribution in [0.3, 0.4) is 0 Å². The number of nitrogens with one attached hydrogen (secondary N) is 1. The molecule has 2 aromatic carbocycles. The Labute approximate surface area is 176 Å². The Balaban J connectivity index is 1.38. The van der Waals surface area contributed by atoms with Crippen molar-refractivity contribution < 1.29 is 13.7 Å². The van der Waals surface area contributed by atoms with E-state index in [1.807, 2.05) is 0 Å². The molecule has 2 heterocycles. The van der Waals surface area contributed by atoms with Crippen LogP contribution in [-0.2, 0) is 6.54 Å². The average Bonchev–Trinajstić information content (AvgIpc) is 3.22. The minimum atomic E-state index is -0.347. The van der Waals surface area contributed by atoms with Crippen molar-refractivity contribution in [2.24, 2.45) is 0 Å². The first-order chi connectivity index (χ1) is 15.0. The van der Waals surface area contributed by atoms with Gasteiger partial charge in [-0.1, -0.05) is 17.3 Å². The molecule has 1 N–H and O–H groups in total. The molecule has 0 saturated carbocycles. The van der Waals surface area contributed by atoms with Crippen molar-refractivity contribution >= 4 is 5.91 Å². The van der Waals surface area contributed by atoms with E-state index in [9.17, 15) is 14.0 Å². The van der Waals surface area contributed by atoms with Crippen LogP contribution in [0.2, 0.25) is 0 Å². The van der Waals surface area contributed by atoms with Gasteiger partial charge in [0.2, 0.25) is 11.7 Å². The molecule has 0 fully saturated rings. The summed E-state index contributed by atoms with van der Waals surface area (Å²) < 4.78 is 19.3. The predicted molar refractivity (Wildman–Crippen MR) is 111 cm³/mol. The largest absolute Gasteiger partial charge is 0.350 e. The zero-order valence-corrected chi connectivity index (χ0v) is 16.6. The van der Waals surface area contributed by atoms with Gasteiger partial charge in [0.25, 0.3) is 11.5 Å². The van der Waals surface area contributed by atoms with Gasteiger partial charge in [-0.05, 0) is 42.5 Å². The van der Waals surface area contributed by atoms with Crippen LogP contribution in [0.15, 0.2) is 70.0 Å². The second kappa shape index (κ2) is 8.70. The molecule has 0 aliphatic heterocycles. The van der Waals surface area contributed by atoms with Gasteiger partial charge in [-0.3, -0.25) is 9.59 Å². The summed E-state index contributed by atoms with van der Waals surface area (Å²) in [6.07, 6.45) is 0. The maximum Gasteiger partial charge on any atom is 0.266 e. The third kappa shape index (κ3) is 4.72. The minimum absolute atomic E-state index is 0.194. The smallest absolute Gasteiger partial charge is 0.266 e. The van der Waals surface area contributed by atoms with Gasteiger partial charge in [-0.2, -0.15) is 10.1 Å². The van der Waals surface area contributed by atoms with Crippen molar-refractivity contribution in [1.82, 2.24) is 25.2 Å². The zero-order valence-electron chi connectivity index (χ0n) is 16.6. The van der Waals surface area contributed by atoms with Gasteiger partial charge in [0.05, 0.1) is 12.2 Å². The fourth-order valence-corrected chi connectivity index (χ4v) is 2.95. The topological polar surface area (TPSA) is 103 Å². The number of halogens is 1. The summed E-state index contributed by atoms with van der Waals surface area (Å²) in [6, 6.07) is 15.6. The monoisotopic (exact) mass is 419 g/mol. The SMILES string of the molecule is Cc1nc(-c2ccc(C(=O)NCCn3nc(-c4ccc(F)cc4)ccc3=O)cc2)no1. The van der Waals surface area contributed by atoms with Crippen LogP contribution in [0.25, 0.3) is 22.6 Å². The number of amides is 1. The maximum atomic E-state index is 13.1. The lowest BCUT2D eigenvalue weighted by molar-refractivity contribution is 0.0951. The van der Waals surface area contributed by atoms with Crippen molar-refractivity contribution in [2.75, 3.05) is 6.54 Å². The van der Waals surface area contributed by atoms with Crippen LogP contribution in [0.5, 0.6) is 0 Å². The van der Waals surface area contributed by atoms with Crippen LogP contribution < -0.4 is 10.9 Å². The second-order valence-corrected chi connectivity index (χ2v) is 6.76. The predicted octanol–water partition coefficient (Wildman–Crippen LogP) is 2.84. The third-order valence-electron chi connectivity index (χ3n) is 4.55. The molecule has 0 bridgehead atoms. The first-order valence-electron chi connectivity index (χ1n) is 9.53. The molecular formula is C22H18FN5O3. The van der Waals surface area contributed by atoms with Crippen molar-refractivity contribution in [1.29, 1.82) is 0 Å². The summed E-state index contributed by atoms with van der Waals surface area (Å²) >= 11 is 0. The summed E-state index contributed by atoms with van der Waals surface area (Å²) in [4.78, 5) is 28.6. The lowest BCUT2D eigenvalue weighted by atomic mass is 10.1. The van der Waals surface area contributed by atoms with Crippen LogP contribution in [-0.4, -0.2) is 32.4 Å². The number of carbonyl (C=O) groups excluding carboxylic acids is 1. The van der Waals surface area contributed by atoms with Crippen LogP contribution in [0.4, 0.5) is 4.39 Å². The van der Waals surface area contributed by atoms with E-state index in [0.29, 0.717) is 28.5 Å². The van der Waals surface area contributed by atoms with Crippen molar-refractivity contribution in [3.05, 3.63) is 88.3 Å². The number of hydrogen-bond donors (Lipinski definition) is 1. The van der Waals surface area contributed by atoms with E-state index in [1.54, 1.807) is 49.4 Å². The number of rotatable bonds is 6. The van der Waals surface area contributed by atoms with Crippen LogP contribution in [0.1, 0.15) is 16.2 Å². The fraction of sp³-hybridized carbons (Fsp3) is 0.136. The molecule has 0 aliphatic carbocycles. The van der Waals surface area contributed by atoms with Crippen LogP contribution in [0, 0.1) is 12.7 Å². The molecule has 31 heavy (non-hydrogen) atoms. The number of aromatic nitrogens is 4. The molecule has 9 heteroatoms. The maximum absolute atomic E-state index is 13.1. The van der Waals surface area contributed by atoms with E-state index in [1.165, 1.54) is 22.9 Å². The highest BCUT2D eigenvalue weighted by atomic mass is 19.1. The van der Waals surface area contributed by atoms with Crippen molar-refractivity contribution in [2.45, 2.75) is 13.5 Å². The molecule has 0 spiro atoms. The Morgan fingerprint density at radius 2 is 1.74 bits per heavy atom. The number of benzene rings is 2. The van der Waals surface area contributed by atoms with Gasteiger partial charge in [-0.25, -0.2) is 9.07 Å². The van der Waals surface area contributed by atoms with Crippen molar-refractivity contribution in [3.8, 4) is 22.6 Å². The molecule has 0 saturated heterocycles. The zero-order chi connectivity index (χ0) is 21.8. The van der Waals surface area contributed by atoms with Gasteiger partial charge in [-0.15, -0.1) is 0 Å². The molecule has 4 aromatic rings. The molecule has 2 aromatic heterocycles. The first kappa shape index (κ1) is 20.1. The number of nitrogens with zero attached hydrogens (tertiary/aromatic N) is 4. The molecule has 1 amide bonds. The Bertz CT molecular complexity index is 1260. The highest BCUT2D eigenvalue weighted by Gasteiger charge is 2.09. The summed E-state index contributed by atoms with van der Waals surface area (Å²) in [5, 5.41) is 10.9. The van der Waals surface area contributed by atoms with E-state index in [2.05, 4.69) is 20.6 Å². The Morgan fingerprint density at radius 1 is 1.03 bits per heavy atom. The van der Waals surface area contributed by atoms with E-state index in [4.69, 9.17) is 4.52 Å². The molecule has 8 nitrogen and oxygen atoms in total. The quantitative estimate of drug-likeness (QED) is 0.516. The first-order valence-corrected chi connectivity index (χ1v) is 9.53. The highest BCUT2D eigenvalue weighted by molar-refractivity contribution is 5.94. The van der Waals surface area contributed by atoms with Gasteiger partial charge in [0.1, 0.15) is 5.82 Å². The van der Waals surface area contributed by atoms with E-state index in [0.717, 1.165) is 5.56 Å². The van der Waals surface area contributed by atoms with E-state index in [-0.39, 0.29) is 30.4 Å². The molecule has 0 atom stereocenters. The molecular weight excluding hydrogens is 401 g/mol. The summed E-state index contributed by atoms with van der Waals surface area (Å²) in [6.45, 7) is 2.11. The van der Waals surface area contributed by atoms with Gasteiger partial charge in [0, 0.05) is 36.2 Å². The second-order valence-electron chi connectivity index (χ2n) is 6.76.